The summed E-state index contributed by atoms with van der Waals surface area (Å²) < 4.78 is 12.3. The third-order valence-corrected chi connectivity index (χ3v) is 4.57. The monoisotopic (exact) mass is 374 g/mol. The first-order valence-electron chi connectivity index (χ1n) is 8.79. The van der Waals surface area contributed by atoms with Gasteiger partial charge in [0.15, 0.2) is 0 Å². The maximum atomic E-state index is 12.6. The standard InChI is InChI=1S/C22H18N2O4/c1-14-6-5-9-20-23-17(12-21(25)24(14)20)13-28-22(26)18-10-15-7-3-4-8-16(15)11-19(18)27-2/h3-12H,13H2,1-2H3. The largest absolute Gasteiger partial charge is 0.496 e. The average Bonchev–Trinajstić information content (AvgIpc) is 2.70. The molecule has 0 saturated heterocycles. The highest BCUT2D eigenvalue weighted by molar-refractivity contribution is 5.98. The normalized spacial score (nSPS) is 10.9. The Balaban J connectivity index is 1.62. The molecular formula is C22H18N2O4. The van der Waals surface area contributed by atoms with E-state index in [2.05, 4.69) is 4.98 Å². The molecule has 6 heteroatoms. The topological polar surface area (TPSA) is 69.9 Å². The van der Waals surface area contributed by atoms with Crippen LogP contribution in [-0.2, 0) is 11.3 Å². The molecule has 6 nitrogen and oxygen atoms in total. The number of methoxy groups -OCH3 is 1. The molecule has 2 heterocycles. The van der Waals surface area contributed by atoms with Crippen LogP contribution in [0.25, 0.3) is 16.4 Å². The lowest BCUT2D eigenvalue weighted by molar-refractivity contribution is 0.0464. The van der Waals surface area contributed by atoms with Gasteiger partial charge in [-0.25, -0.2) is 9.78 Å². The van der Waals surface area contributed by atoms with E-state index in [-0.39, 0.29) is 12.2 Å². The Kier molecular flexibility index (Phi) is 4.53. The second-order valence-electron chi connectivity index (χ2n) is 6.42. The molecular weight excluding hydrogens is 356 g/mol. The molecule has 140 valence electrons. The molecule has 0 aliphatic rings. The van der Waals surface area contributed by atoms with Gasteiger partial charge in [0.2, 0.25) is 0 Å². The highest BCUT2D eigenvalue weighted by Gasteiger charge is 2.16. The number of nitrogens with zero attached hydrogens (tertiary/aromatic N) is 2. The number of aromatic nitrogens is 2. The van der Waals surface area contributed by atoms with Crippen molar-refractivity contribution in [2.24, 2.45) is 0 Å². The number of aryl methyl sites for hydroxylation is 1. The van der Waals surface area contributed by atoms with Crippen molar-refractivity contribution in [1.82, 2.24) is 9.38 Å². The first kappa shape index (κ1) is 17.7. The summed E-state index contributed by atoms with van der Waals surface area (Å²) in [6, 6.07) is 18.0. The van der Waals surface area contributed by atoms with Gasteiger partial charge in [0.25, 0.3) is 5.56 Å². The minimum Gasteiger partial charge on any atom is -0.496 e. The van der Waals surface area contributed by atoms with Crippen molar-refractivity contribution in [2.45, 2.75) is 13.5 Å². The zero-order valence-electron chi connectivity index (χ0n) is 15.5. The van der Waals surface area contributed by atoms with Crippen LogP contribution in [0, 0.1) is 6.92 Å². The zero-order valence-corrected chi connectivity index (χ0v) is 15.5. The van der Waals surface area contributed by atoms with Crippen molar-refractivity contribution in [3.63, 3.8) is 0 Å². The minimum atomic E-state index is -0.533. The SMILES string of the molecule is COc1cc2ccccc2cc1C(=O)OCc1cc(=O)n2c(C)cccc2n1. The van der Waals surface area contributed by atoms with Gasteiger partial charge >= 0.3 is 5.97 Å². The summed E-state index contributed by atoms with van der Waals surface area (Å²) in [5.41, 5.74) is 1.82. The van der Waals surface area contributed by atoms with Gasteiger partial charge in [-0.1, -0.05) is 30.3 Å². The molecule has 0 atom stereocenters. The number of pyridine rings is 1. The lowest BCUT2D eigenvalue weighted by Crippen LogP contribution is -2.18. The Morgan fingerprint density at radius 1 is 1.04 bits per heavy atom. The Morgan fingerprint density at radius 2 is 1.79 bits per heavy atom. The molecule has 4 aromatic rings. The summed E-state index contributed by atoms with van der Waals surface area (Å²) in [6.45, 7) is 1.73. The third kappa shape index (κ3) is 3.20. The third-order valence-electron chi connectivity index (χ3n) is 4.57. The van der Waals surface area contributed by atoms with Crippen LogP contribution in [0.2, 0.25) is 0 Å². The summed E-state index contributed by atoms with van der Waals surface area (Å²) in [6.07, 6.45) is 0. The summed E-state index contributed by atoms with van der Waals surface area (Å²) in [7, 11) is 1.51. The van der Waals surface area contributed by atoms with E-state index in [1.807, 2.05) is 43.3 Å². The molecule has 0 unspecified atom stereocenters. The van der Waals surface area contributed by atoms with E-state index in [1.165, 1.54) is 17.6 Å². The van der Waals surface area contributed by atoms with Gasteiger partial charge in [-0.05, 0) is 42.0 Å². The molecule has 4 rings (SSSR count). The number of rotatable bonds is 4. The van der Waals surface area contributed by atoms with Crippen LogP contribution >= 0.6 is 0 Å². The number of hydrogen-bond acceptors (Lipinski definition) is 5. The lowest BCUT2D eigenvalue weighted by Gasteiger charge is -2.11. The molecule has 0 radical (unpaired) electrons. The van der Waals surface area contributed by atoms with Crippen LogP contribution in [0.5, 0.6) is 5.75 Å². The molecule has 0 N–H and O–H groups in total. The van der Waals surface area contributed by atoms with Crippen molar-refractivity contribution in [3.8, 4) is 5.75 Å². The van der Waals surface area contributed by atoms with Crippen molar-refractivity contribution in [1.29, 1.82) is 0 Å². The number of hydrogen-bond donors (Lipinski definition) is 0. The maximum Gasteiger partial charge on any atom is 0.342 e. The van der Waals surface area contributed by atoms with E-state index >= 15 is 0 Å². The summed E-state index contributed by atoms with van der Waals surface area (Å²) in [4.78, 5) is 29.4. The predicted octanol–water partition coefficient (Wildman–Crippen LogP) is 3.52. The summed E-state index contributed by atoms with van der Waals surface area (Å²) in [5, 5.41) is 1.88. The smallest absolute Gasteiger partial charge is 0.342 e. The fourth-order valence-corrected chi connectivity index (χ4v) is 3.20. The number of carbonyl (C=O) groups is 1. The van der Waals surface area contributed by atoms with Crippen molar-refractivity contribution < 1.29 is 14.3 Å². The van der Waals surface area contributed by atoms with Crippen molar-refractivity contribution >= 4 is 22.4 Å². The molecule has 0 amide bonds. The molecule has 2 aromatic carbocycles. The van der Waals surface area contributed by atoms with Gasteiger partial charge in [0.05, 0.1) is 12.8 Å². The molecule has 2 aromatic heterocycles. The average molecular weight is 374 g/mol. The Morgan fingerprint density at radius 3 is 2.54 bits per heavy atom. The highest BCUT2D eigenvalue weighted by Crippen LogP contribution is 2.26. The van der Waals surface area contributed by atoms with Crippen LogP contribution in [0.3, 0.4) is 0 Å². The molecule has 0 spiro atoms. The van der Waals surface area contributed by atoms with E-state index in [4.69, 9.17) is 9.47 Å². The number of benzene rings is 2. The molecule has 28 heavy (non-hydrogen) atoms. The van der Waals surface area contributed by atoms with Crippen LogP contribution in [-0.4, -0.2) is 22.5 Å². The van der Waals surface area contributed by atoms with Crippen LogP contribution in [0.1, 0.15) is 21.7 Å². The molecule has 0 aliphatic heterocycles. The van der Waals surface area contributed by atoms with Gasteiger partial charge in [0.1, 0.15) is 23.6 Å². The molecule has 0 aliphatic carbocycles. The Labute approximate surface area is 161 Å². The zero-order chi connectivity index (χ0) is 19.7. The lowest BCUT2D eigenvalue weighted by atomic mass is 10.1. The highest BCUT2D eigenvalue weighted by atomic mass is 16.5. The number of fused-ring (bicyclic) bond motifs is 2. The van der Waals surface area contributed by atoms with Gasteiger partial charge in [-0.15, -0.1) is 0 Å². The van der Waals surface area contributed by atoms with Crippen LogP contribution < -0.4 is 10.3 Å². The second-order valence-corrected chi connectivity index (χ2v) is 6.42. The second kappa shape index (κ2) is 7.15. The number of esters is 1. The summed E-state index contributed by atoms with van der Waals surface area (Å²) >= 11 is 0. The van der Waals surface area contributed by atoms with Gasteiger partial charge < -0.3 is 9.47 Å². The fraction of sp³-hybridized carbons (Fsp3) is 0.136. The van der Waals surface area contributed by atoms with Crippen LogP contribution in [0.4, 0.5) is 0 Å². The first-order chi connectivity index (χ1) is 13.6. The van der Waals surface area contributed by atoms with E-state index < -0.39 is 5.97 Å². The summed E-state index contributed by atoms with van der Waals surface area (Å²) in [5.74, 6) is -0.0975. The Hall–Kier alpha value is -3.67. The van der Waals surface area contributed by atoms with Gasteiger partial charge in [-0.3, -0.25) is 9.20 Å². The minimum absolute atomic E-state index is 0.103. The van der Waals surface area contributed by atoms with Crippen molar-refractivity contribution in [2.75, 3.05) is 7.11 Å². The first-order valence-corrected chi connectivity index (χ1v) is 8.79. The van der Waals surface area contributed by atoms with Crippen LogP contribution in [0.15, 0.2) is 65.5 Å². The van der Waals surface area contributed by atoms with E-state index in [1.54, 1.807) is 18.2 Å². The fourth-order valence-electron chi connectivity index (χ4n) is 3.20. The van der Waals surface area contributed by atoms with Gasteiger partial charge in [0, 0.05) is 11.8 Å². The van der Waals surface area contributed by atoms with E-state index in [9.17, 15) is 9.59 Å². The molecule has 0 saturated carbocycles. The number of ether oxygens (including phenoxy) is 2. The quantitative estimate of drug-likeness (QED) is 0.511. The molecule has 0 bridgehead atoms. The Bertz CT molecular complexity index is 1260. The molecule has 0 fully saturated rings. The van der Waals surface area contributed by atoms with Gasteiger partial charge in [-0.2, -0.15) is 0 Å². The van der Waals surface area contributed by atoms with E-state index in [0.717, 1.165) is 16.5 Å². The van der Waals surface area contributed by atoms with Crippen molar-refractivity contribution in [3.05, 3.63) is 88.0 Å². The number of carbonyl (C=O) groups excluding carboxylic acids is 1. The predicted molar refractivity (Wildman–Crippen MR) is 106 cm³/mol. The maximum absolute atomic E-state index is 12.6. The van der Waals surface area contributed by atoms with E-state index in [0.29, 0.717) is 22.7 Å².